The molecule has 0 saturated heterocycles. The van der Waals surface area contributed by atoms with E-state index in [-0.39, 0.29) is 12.2 Å². The second kappa shape index (κ2) is 7.11. The van der Waals surface area contributed by atoms with Crippen LogP contribution in [0.2, 0.25) is 0 Å². The van der Waals surface area contributed by atoms with Crippen molar-refractivity contribution in [1.29, 1.82) is 5.26 Å². The molecule has 0 spiro atoms. The van der Waals surface area contributed by atoms with Crippen molar-refractivity contribution >= 4 is 5.57 Å². The van der Waals surface area contributed by atoms with Crippen LogP contribution < -0.4 is 10.5 Å². The molecule has 2 aromatic heterocycles. The second-order valence-electron chi connectivity index (χ2n) is 6.05. The van der Waals surface area contributed by atoms with Crippen LogP contribution >= 0.6 is 0 Å². The number of aromatic nitrogens is 2. The number of allylic oxidation sites excluding steroid dienone is 1. The van der Waals surface area contributed by atoms with Gasteiger partial charge in [0.1, 0.15) is 18.4 Å². The molecule has 6 heteroatoms. The van der Waals surface area contributed by atoms with E-state index in [9.17, 15) is 10.4 Å². The van der Waals surface area contributed by atoms with E-state index in [4.69, 9.17) is 10.5 Å². The summed E-state index contributed by atoms with van der Waals surface area (Å²) < 4.78 is 5.59. The second-order valence-corrected chi connectivity index (χ2v) is 6.05. The molecular weight excluding hydrogens is 304 g/mol. The molecule has 0 amide bonds. The summed E-state index contributed by atoms with van der Waals surface area (Å²) in [5.41, 5.74) is 7.67. The van der Waals surface area contributed by atoms with E-state index in [1.807, 2.05) is 25.1 Å². The zero-order valence-corrected chi connectivity index (χ0v) is 13.9. The number of hydrogen-bond acceptors (Lipinski definition) is 6. The molecule has 6 nitrogen and oxygen atoms in total. The van der Waals surface area contributed by atoms with Crippen molar-refractivity contribution < 1.29 is 9.84 Å². The van der Waals surface area contributed by atoms with Crippen LogP contribution in [-0.4, -0.2) is 27.3 Å². The molecule has 0 aliphatic heterocycles. The van der Waals surface area contributed by atoms with Crippen LogP contribution in [0.1, 0.15) is 25.2 Å². The lowest BCUT2D eigenvalue weighted by atomic mass is 10.0. The molecule has 0 aliphatic rings. The van der Waals surface area contributed by atoms with E-state index in [0.29, 0.717) is 17.0 Å². The van der Waals surface area contributed by atoms with Crippen LogP contribution in [0.25, 0.3) is 16.7 Å². The highest BCUT2D eigenvalue weighted by atomic mass is 16.5. The molecule has 24 heavy (non-hydrogen) atoms. The zero-order chi connectivity index (χ0) is 17.7. The fraction of sp³-hybridized carbons (Fsp3) is 0.278. The van der Waals surface area contributed by atoms with Crippen LogP contribution in [-0.2, 0) is 0 Å². The molecule has 2 rings (SSSR count). The molecule has 0 radical (unpaired) electrons. The van der Waals surface area contributed by atoms with Crippen LogP contribution in [0.15, 0.2) is 36.8 Å². The van der Waals surface area contributed by atoms with Gasteiger partial charge < -0.3 is 15.6 Å². The maximum atomic E-state index is 9.79. The quantitative estimate of drug-likeness (QED) is 0.818. The summed E-state index contributed by atoms with van der Waals surface area (Å²) in [6.45, 7) is 5.33. The minimum atomic E-state index is -0.959. The van der Waals surface area contributed by atoms with Gasteiger partial charge in [0.2, 0.25) is 0 Å². The topological polar surface area (TPSA) is 105 Å². The number of nitriles is 1. The zero-order valence-electron chi connectivity index (χ0n) is 13.9. The molecule has 0 bridgehead atoms. The molecule has 3 N–H and O–H groups in total. The third kappa shape index (κ3) is 4.31. The lowest BCUT2D eigenvalue weighted by molar-refractivity contribution is 0.0284. The van der Waals surface area contributed by atoms with Crippen LogP contribution in [0.3, 0.4) is 0 Å². The van der Waals surface area contributed by atoms with Crippen molar-refractivity contribution in [2.75, 3.05) is 6.61 Å². The summed E-state index contributed by atoms with van der Waals surface area (Å²) in [6, 6.07) is 7.58. The van der Waals surface area contributed by atoms with E-state index in [0.717, 1.165) is 11.3 Å². The number of aryl methyl sites for hydroxylation is 1. The number of aliphatic hydroxyl groups is 1. The van der Waals surface area contributed by atoms with E-state index in [1.165, 1.54) is 12.4 Å². The lowest BCUT2D eigenvalue weighted by Crippen LogP contribution is -2.27. The summed E-state index contributed by atoms with van der Waals surface area (Å²) in [7, 11) is 0. The van der Waals surface area contributed by atoms with Gasteiger partial charge in [0.15, 0.2) is 0 Å². The third-order valence-electron chi connectivity index (χ3n) is 3.22. The van der Waals surface area contributed by atoms with Gasteiger partial charge in [-0.2, -0.15) is 5.26 Å². The SMILES string of the molecule is Cc1ccc(-c2cc(OCC(C)(C)O)cnc2C(C#N)=CN)cn1. The maximum absolute atomic E-state index is 9.79. The Morgan fingerprint density at radius 2 is 2.12 bits per heavy atom. The molecule has 2 aromatic rings. The first-order valence-corrected chi connectivity index (χ1v) is 7.44. The number of nitrogens with zero attached hydrogens (tertiary/aromatic N) is 3. The molecule has 0 unspecified atom stereocenters. The number of rotatable bonds is 5. The first-order chi connectivity index (χ1) is 11.3. The number of hydrogen-bond donors (Lipinski definition) is 2. The van der Waals surface area contributed by atoms with Crippen molar-refractivity contribution in [3.63, 3.8) is 0 Å². The average molecular weight is 324 g/mol. The van der Waals surface area contributed by atoms with Crippen molar-refractivity contribution in [3.05, 3.63) is 48.2 Å². The van der Waals surface area contributed by atoms with Gasteiger partial charge in [0.25, 0.3) is 0 Å². The van der Waals surface area contributed by atoms with Crippen LogP contribution in [0, 0.1) is 18.3 Å². The Morgan fingerprint density at radius 1 is 1.38 bits per heavy atom. The molecule has 0 fully saturated rings. The fourth-order valence-electron chi connectivity index (χ4n) is 2.02. The highest BCUT2D eigenvalue weighted by Gasteiger charge is 2.16. The maximum Gasteiger partial charge on any atom is 0.138 e. The first-order valence-electron chi connectivity index (χ1n) is 7.44. The van der Waals surface area contributed by atoms with E-state index < -0.39 is 5.60 Å². The van der Waals surface area contributed by atoms with Crippen LogP contribution in [0.5, 0.6) is 5.75 Å². The Kier molecular flexibility index (Phi) is 5.17. The average Bonchev–Trinajstić information content (AvgIpc) is 2.55. The molecular formula is C18H20N4O2. The highest BCUT2D eigenvalue weighted by molar-refractivity contribution is 5.85. The van der Waals surface area contributed by atoms with Crippen molar-refractivity contribution in [2.24, 2.45) is 5.73 Å². The smallest absolute Gasteiger partial charge is 0.138 e. The van der Waals surface area contributed by atoms with Crippen molar-refractivity contribution in [1.82, 2.24) is 9.97 Å². The molecule has 0 atom stereocenters. The number of nitrogens with two attached hydrogens (primary N) is 1. The molecule has 0 aromatic carbocycles. The van der Waals surface area contributed by atoms with E-state index >= 15 is 0 Å². The van der Waals surface area contributed by atoms with Gasteiger partial charge in [-0.1, -0.05) is 6.07 Å². The van der Waals surface area contributed by atoms with Gasteiger partial charge in [0.05, 0.1) is 23.1 Å². The minimum absolute atomic E-state index is 0.122. The minimum Gasteiger partial charge on any atom is -0.489 e. The summed E-state index contributed by atoms with van der Waals surface area (Å²) >= 11 is 0. The third-order valence-corrected chi connectivity index (χ3v) is 3.22. The summed E-state index contributed by atoms with van der Waals surface area (Å²) in [5, 5.41) is 19.0. The summed E-state index contributed by atoms with van der Waals surface area (Å²) in [4.78, 5) is 8.60. The van der Waals surface area contributed by atoms with Gasteiger partial charge in [-0.15, -0.1) is 0 Å². The van der Waals surface area contributed by atoms with Gasteiger partial charge >= 0.3 is 0 Å². The highest BCUT2D eigenvalue weighted by Crippen LogP contribution is 2.30. The molecule has 2 heterocycles. The van der Waals surface area contributed by atoms with E-state index in [1.54, 1.807) is 26.1 Å². The van der Waals surface area contributed by atoms with Crippen molar-refractivity contribution in [2.45, 2.75) is 26.4 Å². The first kappa shape index (κ1) is 17.4. The van der Waals surface area contributed by atoms with Crippen molar-refractivity contribution in [3.8, 4) is 22.9 Å². The standard InChI is InChI=1S/C18H20N4O2/c1-12-4-5-13(9-21-12)16-6-15(24-11-18(2,3)23)10-22-17(16)14(7-19)8-20/h4-7,9-10,23H,11,19H2,1-3H3. The van der Waals surface area contributed by atoms with Crippen LogP contribution in [0.4, 0.5) is 0 Å². The van der Waals surface area contributed by atoms with Gasteiger partial charge in [0, 0.05) is 29.2 Å². The Labute approximate surface area is 141 Å². The molecule has 124 valence electrons. The fourth-order valence-corrected chi connectivity index (χ4v) is 2.02. The number of ether oxygens (including phenoxy) is 1. The largest absolute Gasteiger partial charge is 0.489 e. The van der Waals surface area contributed by atoms with Gasteiger partial charge in [-0.25, -0.2) is 0 Å². The van der Waals surface area contributed by atoms with Gasteiger partial charge in [-0.3, -0.25) is 9.97 Å². The Bertz CT molecular complexity index is 784. The molecule has 0 aliphatic carbocycles. The Hall–Kier alpha value is -2.91. The normalized spacial score (nSPS) is 11.9. The molecule has 0 saturated carbocycles. The van der Waals surface area contributed by atoms with E-state index in [2.05, 4.69) is 9.97 Å². The Balaban J connectivity index is 2.49. The predicted octanol–water partition coefficient (Wildman–Crippen LogP) is 2.42. The monoisotopic (exact) mass is 324 g/mol. The summed E-state index contributed by atoms with van der Waals surface area (Å²) in [6.07, 6.45) is 4.44. The predicted molar refractivity (Wildman–Crippen MR) is 91.8 cm³/mol. The Morgan fingerprint density at radius 3 is 2.67 bits per heavy atom. The van der Waals surface area contributed by atoms with Gasteiger partial charge in [-0.05, 0) is 32.9 Å². The number of pyridine rings is 2. The lowest BCUT2D eigenvalue weighted by Gasteiger charge is -2.18. The summed E-state index contributed by atoms with van der Waals surface area (Å²) in [5.74, 6) is 0.491.